The molecule has 10 heteroatoms. The van der Waals surface area contributed by atoms with E-state index in [-0.39, 0.29) is 24.7 Å². The van der Waals surface area contributed by atoms with Gasteiger partial charge in [0, 0.05) is 6.54 Å². The van der Waals surface area contributed by atoms with E-state index in [1.54, 1.807) is 12.1 Å². The number of aromatic nitrogens is 2. The van der Waals surface area contributed by atoms with Crippen LogP contribution in [-0.4, -0.2) is 42.0 Å². The van der Waals surface area contributed by atoms with Crippen molar-refractivity contribution >= 4 is 44.1 Å². The quantitative estimate of drug-likeness (QED) is 0.613. The van der Waals surface area contributed by atoms with Crippen LogP contribution in [0.3, 0.4) is 0 Å². The zero-order chi connectivity index (χ0) is 17.0. The summed E-state index contributed by atoms with van der Waals surface area (Å²) in [5.74, 6) is 0. The molecule has 0 bridgehead atoms. The van der Waals surface area contributed by atoms with Gasteiger partial charge < -0.3 is 9.84 Å². The predicted octanol–water partition coefficient (Wildman–Crippen LogP) is 1.78. The molecule has 0 spiro atoms. The number of hydrogen-bond acceptors (Lipinski definition) is 8. The van der Waals surface area contributed by atoms with Crippen molar-refractivity contribution in [3.63, 3.8) is 0 Å². The van der Waals surface area contributed by atoms with Gasteiger partial charge in [-0.15, -0.1) is 0 Å². The van der Waals surface area contributed by atoms with Crippen LogP contribution in [0.4, 0.5) is 0 Å². The van der Waals surface area contributed by atoms with Gasteiger partial charge in [-0.1, -0.05) is 6.07 Å². The molecule has 24 heavy (non-hydrogen) atoms. The molecule has 7 nitrogen and oxygen atoms in total. The summed E-state index contributed by atoms with van der Waals surface area (Å²) in [5.41, 5.74) is 1.77. The molecule has 0 fully saturated rings. The van der Waals surface area contributed by atoms with Crippen LogP contribution in [-0.2, 0) is 14.8 Å². The fraction of sp³-hybridized carbons (Fsp3) is 0.286. The average Bonchev–Trinajstić information content (AvgIpc) is 3.25. The predicted molar refractivity (Wildman–Crippen MR) is 92.7 cm³/mol. The van der Waals surface area contributed by atoms with E-state index in [1.807, 2.05) is 16.8 Å². The van der Waals surface area contributed by atoms with E-state index in [1.165, 1.54) is 17.4 Å². The number of aliphatic hydroxyl groups is 1. The van der Waals surface area contributed by atoms with Crippen LogP contribution < -0.4 is 4.72 Å². The fourth-order valence-corrected chi connectivity index (χ4v) is 4.69. The molecule has 1 atom stereocenters. The van der Waals surface area contributed by atoms with Crippen LogP contribution >= 0.6 is 23.1 Å². The number of nitrogens with zero attached hydrogens (tertiary/aromatic N) is 2. The van der Waals surface area contributed by atoms with E-state index in [4.69, 9.17) is 9.84 Å². The van der Waals surface area contributed by atoms with Gasteiger partial charge in [-0.25, -0.2) is 13.1 Å². The van der Waals surface area contributed by atoms with Crippen LogP contribution in [0.15, 0.2) is 39.9 Å². The lowest BCUT2D eigenvalue weighted by atomic mass is 10.2. The summed E-state index contributed by atoms with van der Waals surface area (Å²) >= 11 is 2.47. The molecule has 0 aliphatic rings. The summed E-state index contributed by atoms with van der Waals surface area (Å²) in [6.45, 7) is 0.0675. The first-order chi connectivity index (χ1) is 11.6. The van der Waals surface area contributed by atoms with Crippen molar-refractivity contribution in [1.29, 1.82) is 0 Å². The van der Waals surface area contributed by atoms with E-state index >= 15 is 0 Å². The summed E-state index contributed by atoms with van der Waals surface area (Å²) in [6.07, 6.45) is -0.467. The largest absolute Gasteiger partial charge is 0.394 e. The molecule has 0 saturated heterocycles. The number of ether oxygens (including phenoxy) is 1. The molecule has 0 saturated carbocycles. The van der Waals surface area contributed by atoms with E-state index in [0.29, 0.717) is 11.0 Å². The van der Waals surface area contributed by atoms with Crippen molar-refractivity contribution in [1.82, 2.24) is 13.5 Å². The van der Waals surface area contributed by atoms with Gasteiger partial charge in [-0.2, -0.15) is 20.1 Å². The summed E-state index contributed by atoms with van der Waals surface area (Å²) in [6, 6.07) is 6.72. The van der Waals surface area contributed by atoms with Gasteiger partial charge >= 0.3 is 0 Å². The number of rotatable bonds is 8. The highest BCUT2D eigenvalue weighted by Crippen LogP contribution is 2.23. The lowest BCUT2D eigenvalue weighted by molar-refractivity contribution is 0.0311. The molecule has 0 radical (unpaired) electrons. The zero-order valence-corrected chi connectivity index (χ0v) is 14.9. The van der Waals surface area contributed by atoms with Gasteiger partial charge in [0.15, 0.2) is 0 Å². The second-order valence-corrected chi connectivity index (χ2v) is 7.92. The number of fused-ring (bicyclic) bond motifs is 1. The lowest BCUT2D eigenvalue weighted by Crippen LogP contribution is -2.30. The monoisotopic (exact) mass is 385 g/mol. The molecular weight excluding hydrogens is 370 g/mol. The summed E-state index contributed by atoms with van der Waals surface area (Å²) in [7, 11) is -3.75. The van der Waals surface area contributed by atoms with Crippen LogP contribution in [0, 0.1) is 0 Å². The second kappa shape index (κ2) is 7.64. The molecule has 3 rings (SSSR count). The third-order valence-corrected chi connectivity index (χ3v) is 6.02. The highest BCUT2D eigenvalue weighted by atomic mass is 32.2. The summed E-state index contributed by atoms with van der Waals surface area (Å²) < 4.78 is 41.5. The van der Waals surface area contributed by atoms with E-state index < -0.39 is 16.1 Å². The maximum Gasteiger partial charge on any atom is 0.242 e. The third kappa shape index (κ3) is 3.79. The van der Waals surface area contributed by atoms with Gasteiger partial charge in [-0.05, 0) is 34.5 Å². The molecule has 0 aliphatic heterocycles. The second-order valence-electron chi connectivity index (χ2n) is 4.88. The standard InChI is InChI=1S/C14H15N3O4S3/c18-5-6-21-12(10-4-7-22-9-10)8-15-24(19,20)13-3-1-2-11-14(13)17-23-16-11/h1-4,7,9,12,15,18H,5-6,8H2/t12-/m0/s1. The number of aliphatic hydroxyl groups excluding tert-OH is 1. The Morgan fingerprint density at radius 1 is 1.29 bits per heavy atom. The number of sulfonamides is 1. The molecular formula is C14H15N3O4S3. The normalized spacial score (nSPS) is 13.4. The van der Waals surface area contributed by atoms with E-state index in [2.05, 4.69) is 13.5 Å². The van der Waals surface area contributed by atoms with Gasteiger partial charge in [0.2, 0.25) is 10.0 Å². The lowest BCUT2D eigenvalue weighted by Gasteiger charge is -2.17. The third-order valence-electron chi connectivity index (χ3n) is 3.32. The highest BCUT2D eigenvalue weighted by molar-refractivity contribution is 7.89. The smallest absolute Gasteiger partial charge is 0.242 e. The number of hydrogen-bond donors (Lipinski definition) is 2. The Morgan fingerprint density at radius 3 is 2.92 bits per heavy atom. The van der Waals surface area contributed by atoms with Crippen molar-refractivity contribution in [3.05, 3.63) is 40.6 Å². The number of thiophene rings is 1. The van der Waals surface area contributed by atoms with Crippen LogP contribution in [0.25, 0.3) is 11.0 Å². The summed E-state index contributed by atoms with van der Waals surface area (Å²) in [5, 5.41) is 12.7. The minimum Gasteiger partial charge on any atom is -0.394 e. The van der Waals surface area contributed by atoms with Crippen molar-refractivity contribution < 1.29 is 18.3 Å². The molecule has 0 aliphatic carbocycles. The SMILES string of the molecule is O=S(=O)(NC[C@H](OCCO)c1ccsc1)c1cccc2nsnc12. The number of nitrogens with one attached hydrogen (secondary N) is 1. The van der Waals surface area contributed by atoms with Gasteiger partial charge in [0.1, 0.15) is 15.9 Å². The first kappa shape index (κ1) is 17.4. The minimum absolute atomic E-state index is 0.0625. The van der Waals surface area contributed by atoms with Crippen LogP contribution in [0.2, 0.25) is 0 Å². The molecule has 2 aromatic heterocycles. The Kier molecular flexibility index (Phi) is 5.54. The Labute approximate surface area is 147 Å². The van der Waals surface area contributed by atoms with Crippen LogP contribution in [0.1, 0.15) is 11.7 Å². The maximum absolute atomic E-state index is 12.6. The topological polar surface area (TPSA) is 101 Å². The summed E-state index contributed by atoms with van der Waals surface area (Å²) in [4.78, 5) is 0.0972. The molecule has 128 valence electrons. The molecule has 1 aromatic carbocycles. The van der Waals surface area contributed by atoms with Crippen molar-refractivity contribution in [2.75, 3.05) is 19.8 Å². The molecule has 3 aromatic rings. The minimum atomic E-state index is -3.75. The van der Waals surface area contributed by atoms with Crippen molar-refractivity contribution in [2.24, 2.45) is 0 Å². The molecule has 0 amide bonds. The molecule has 2 heterocycles. The maximum atomic E-state index is 12.6. The fourth-order valence-electron chi connectivity index (χ4n) is 2.19. The van der Waals surface area contributed by atoms with Gasteiger partial charge in [0.05, 0.1) is 31.0 Å². The van der Waals surface area contributed by atoms with E-state index in [0.717, 1.165) is 17.3 Å². The Bertz CT molecular complexity index is 893. The van der Waals surface area contributed by atoms with Gasteiger partial charge in [0.25, 0.3) is 0 Å². The first-order valence-corrected chi connectivity index (χ1v) is 10.2. The van der Waals surface area contributed by atoms with E-state index in [9.17, 15) is 8.42 Å². The average molecular weight is 385 g/mol. The van der Waals surface area contributed by atoms with Crippen LogP contribution in [0.5, 0.6) is 0 Å². The zero-order valence-electron chi connectivity index (χ0n) is 12.5. The van der Waals surface area contributed by atoms with Crippen molar-refractivity contribution in [3.8, 4) is 0 Å². The Balaban J connectivity index is 1.79. The molecule has 2 N–H and O–H groups in total. The first-order valence-electron chi connectivity index (χ1n) is 7.07. The van der Waals surface area contributed by atoms with Gasteiger partial charge in [-0.3, -0.25) is 0 Å². The Morgan fingerprint density at radius 2 is 2.17 bits per heavy atom. The molecule has 0 unspecified atom stereocenters. The number of benzene rings is 1. The highest BCUT2D eigenvalue weighted by Gasteiger charge is 2.22. The van der Waals surface area contributed by atoms with Crippen molar-refractivity contribution in [2.45, 2.75) is 11.0 Å². The Hall–Kier alpha value is -1.43.